The Hall–Kier alpha value is -0.610. The van der Waals surface area contributed by atoms with Crippen LogP contribution >= 0.6 is 0 Å². The Labute approximate surface area is 89.6 Å². The lowest BCUT2D eigenvalue weighted by Crippen LogP contribution is -2.64. The number of nitrogens with one attached hydrogen (secondary N) is 1. The van der Waals surface area contributed by atoms with Gasteiger partial charge in [0.05, 0.1) is 5.60 Å². The molecule has 3 aliphatic rings. The van der Waals surface area contributed by atoms with E-state index < -0.39 is 0 Å². The largest absolute Gasteiger partial charge is 0.387 e. The van der Waals surface area contributed by atoms with Gasteiger partial charge in [0.1, 0.15) is 0 Å². The molecule has 84 valence electrons. The lowest BCUT2D eigenvalue weighted by atomic mass is 9.88. The van der Waals surface area contributed by atoms with E-state index in [0.29, 0.717) is 18.4 Å². The average Bonchev–Trinajstić information content (AvgIpc) is 2.90. The van der Waals surface area contributed by atoms with Crippen molar-refractivity contribution in [1.29, 1.82) is 0 Å². The number of carbonyl (C=O) groups is 1. The first-order valence-electron chi connectivity index (χ1n) is 5.90. The van der Waals surface area contributed by atoms with Gasteiger partial charge in [-0.05, 0) is 25.2 Å². The van der Waals surface area contributed by atoms with Crippen LogP contribution in [-0.4, -0.2) is 47.2 Å². The molecule has 2 aliphatic heterocycles. The van der Waals surface area contributed by atoms with Crippen molar-refractivity contribution in [3.8, 4) is 0 Å². The van der Waals surface area contributed by atoms with Crippen LogP contribution < -0.4 is 5.32 Å². The SMILES string of the molecule is O=C1CCC(CN2CC(O)(C3CC3)C2)N1. The summed E-state index contributed by atoms with van der Waals surface area (Å²) in [6.45, 7) is 2.54. The highest BCUT2D eigenvalue weighted by atomic mass is 16.3. The molecule has 1 amide bonds. The maximum Gasteiger partial charge on any atom is 0.220 e. The Bertz CT molecular complexity index is 282. The molecule has 2 N–H and O–H groups in total. The van der Waals surface area contributed by atoms with E-state index in [0.717, 1.165) is 26.1 Å². The van der Waals surface area contributed by atoms with Crippen molar-refractivity contribution in [2.24, 2.45) is 5.92 Å². The smallest absolute Gasteiger partial charge is 0.220 e. The molecule has 4 nitrogen and oxygen atoms in total. The number of hydrogen-bond donors (Lipinski definition) is 2. The highest BCUT2D eigenvalue weighted by Crippen LogP contribution is 2.44. The summed E-state index contributed by atoms with van der Waals surface area (Å²) < 4.78 is 0. The topological polar surface area (TPSA) is 52.6 Å². The number of aliphatic hydroxyl groups is 1. The van der Waals surface area contributed by atoms with E-state index in [1.807, 2.05) is 0 Å². The van der Waals surface area contributed by atoms with Gasteiger partial charge < -0.3 is 10.4 Å². The van der Waals surface area contributed by atoms with Crippen LogP contribution in [0.5, 0.6) is 0 Å². The average molecular weight is 210 g/mol. The van der Waals surface area contributed by atoms with E-state index in [-0.39, 0.29) is 11.5 Å². The molecule has 0 aromatic heterocycles. The van der Waals surface area contributed by atoms with Gasteiger partial charge in [0.2, 0.25) is 5.91 Å². The fourth-order valence-electron chi connectivity index (χ4n) is 2.86. The number of rotatable bonds is 3. The number of β-amino-alcohol motifs (C(OH)–C–C–N with tert-alkyl or cyclic N) is 1. The molecule has 0 spiro atoms. The van der Waals surface area contributed by atoms with Gasteiger partial charge in [0.25, 0.3) is 0 Å². The van der Waals surface area contributed by atoms with Crippen LogP contribution in [-0.2, 0) is 4.79 Å². The molecule has 1 saturated carbocycles. The first kappa shape index (κ1) is 9.60. The molecule has 2 saturated heterocycles. The third kappa shape index (κ3) is 1.76. The molecule has 1 atom stereocenters. The third-order valence-electron chi connectivity index (χ3n) is 3.90. The molecule has 0 aromatic rings. The lowest BCUT2D eigenvalue weighted by molar-refractivity contribution is -0.121. The zero-order chi connectivity index (χ0) is 10.5. The Balaban J connectivity index is 1.45. The molecule has 0 radical (unpaired) electrons. The number of amides is 1. The van der Waals surface area contributed by atoms with E-state index in [2.05, 4.69) is 10.2 Å². The first-order valence-corrected chi connectivity index (χ1v) is 5.90. The highest BCUT2D eigenvalue weighted by molar-refractivity contribution is 5.78. The molecular formula is C11H18N2O2. The summed E-state index contributed by atoms with van der Waals surface area (Å²) in [6, 6.07) is 0.321. The third-order valence-corrected chi connectivity index (χ3v) is 3.90. The summed E-state index contributed by atoms with van der Waals surface area (Å²) in [5.74, 6) is 0.741. The highest BCUT2D eigenvalue weighted by Gasteiger charge is 2.51. The molecular weight excluding hydrogens is 192 g/mol. The van der Waals surface area contributed by atoms with Crippen molar-refractivity contribution in [2.75, 3.05) is 19.6 Å². The second kappa shape index (κ2) is 3.19. The van der Waals surface area contributed by atoms with Crippen LogP contribution in [0.4, 0.5) is 0 Å². The standard InChI is InChI=1S/C11H18N2O2/c14-10-4-3-9(12-10)5-13-6-11(15,7-13)8-1-2-8/h8-9,15H,1-7H2,(H,12,14). The monoisotopic (exact) mass is 210 g/mol. The quantitative estimate of drug-likeness (QED) is 0.674. The first-order chi connectivity index (χ1) is 7.16. The second-order valence-electron chi connectivity index (χ2n) is 5.35. The van der Waals surface area contributed by atoms with Gasteiger partial charge in [-0.15, -0.1) is 0 Å². The Morgan fingerprint density at radius 2 is 2.13 bits per heavy atom. The summed E-state index contributed by atoms with van der Waals surface area (Å²) >= 11 is 0. The van der Waals surface area contributed by atoms with Crippen LogP contribution in [0.15, 0.2) is 0 Å². The van der Waals surface area contributed by atoms with E-state index in [1.54, 1.807) is 0 Å². The Morgan fingerprint density at radius 1 is 1.40 bits per heavy atom. The van der Waals surface area contributed by atoms with Crippen LogP contribution in [0.2, 0.25) is 0 Å². The van der Waals surface area contributed by atoms with Crippen molar-refractivity contribution >= 4 is 5.91 Å². The van der Waals surface area contributed by atoms with Crippen LogP contribution in [0.1, 0.15) is 25.7 Å². The predicted octanol–water partition coefficient (Wildman–Crippen LogP) is -0.278. The van der Waals surface area contributed by atoms with Gasteiger partial charge in [0, 0.05) is 32.1 Å². The van der Waals surface area contributed by atoms with E-state index >= 15 is 0 Å². The van der Waals surface area contributed by atoms with Crippen LogP contribution in [0.3, 0.4) is 0 Å². The van der Waals surface area contributed by atoms with Gasteiger partial charge in [0.15, 0.2) is 0 Å². The molecule has 0 aromatic carbocycles. The molecule has 15 heavy (non-hydrogen) atoms. The predicted molar refractivity (Wildman–Crippen MR) is 55.3 cm³/mol. The van der Waals surface area contributed by atoms with Gasteiger partial charge in [-0.3, -0.25) is 9.69 Å². The molecule has 1 unspecified atom stereocenters. The van der Waals surface area contributed by atoms with Gasteiger partial charge in [-0.2, -0.15) is 0 Å². The summed E-state index contributed by atoms with van der Waals surface area (Å²) in [7, 11) is 0. The number of carbonyl (C=O) groups excluding carboxylic acids is 1. The zero-order valence-corrected chi connectivity index (χ0v) is 8.91. The van der Waals surface area contributed by atoms with Crippen LogP contribution in [0.25, 0.3) is 0 Å². The van der Waals surface area contributed by atoms with Crippen molar-refractivity contribution in [3.05, 3.63) is 0 Å². The van der Waals surface area contributed by atoms with E-state index in [4.69, 9.17) is 0 Å². The fraction of sp³-hybridized carbons (Fsp3) is 0.909. The maximum absolute atomic E-state index is 11.0. The van der Waals surface area contributed by atoms with E-state index in [1.165, 1.54) is 12.8 Å². The van der Waals surface area contributed by atoms with Gasteiger partial charge in [-0.25, -0.2) is 0 Å². The van der Waals surface area contributed by atoms with Crippen molar-refractivity contribution in [1.82, 2.24) is 10.2 Å². The summed E-state index contributed by atoms with van der Waals surface area (Å²) in [6.07, 6.45) is 4.03. The molecule has 4 heteroatoms. The summed E-state index contributed by atoms with van der Waals surface area (Å²) in [4.78, 5) is 13.3. The lowest BCUT2D eigenvalue weighted by Gasteiger charge is -2.47. The van der Waals surface area contributed by atoms with Crippen molar-refractivity contribution in [2.45, 2.75) is 37.3 Å². The minimum Gasteiger partial charge on any atom is -0.387 e. The number of hydrogen-bond acceptors (Lipinski definition) is 3. The van der Waals surface area contributed by atoms with E-state index in [9.17, 15) is 9.90 Å². The molecule has 3 fully saturated rings. The minimum absolute atomic E-state index is 0.179. The summed E-state index contributed by atoms with van der Waals surface area (Å²) in [5, 5.41) is 13.1. The summed E-state index contributed by atoms with van der Waals surface area (Å²) in [5.41, 5.74) is -0.386. The van der Waals surface area contributed by atoms with Crippen molar-refractivity contribution in [3.63, 3.8) is 0 Å². The molecule has 3 rings (SSSR count). The fourth-order valence-corrected chi connectivity index (χ4v) is 2.86. The van der Waals surface area contributed by atoms with Crippen LogP contribution in [0, 0.1) is 5.92 Å². The van der Waals surface area contributed by atoms with Crippen molar-refractivity contribution < 1.29 is 9.90 Å². The second-order valence-corrected chi connectivity index (χ2v) is 5.35. The molecule has 2 heterocycles. The Morgan fingerprint density at radius 3 is 2.67 bits per heavy atom. The van der Waals surface area contributed by atoms with Gasteiger partial charge in [-0.1, -0.05) is 0 Å². The number of likely N-dealkylation sites (tertiary alicyclic amines) is 1. The zero-order valence-electron chi connectivity index (χ0n) is 8.91. The normalized spacial score (nSPS) is 35.0. The van der Waals surface area contributed by atoms with Gasteiger partial charge >= 0.3 is 0 Å². The molecule has 0 bridgehead atoms. The Kier molecular flexibility index (Phi) is 2.04. The number of nitrogens with zero attached hydrogens (tertiary/aromatic N) is 1. The maximum atomic E-state index is 11.0. The molecule has 1 aliphatic carbocycles. The minimum atomic E-state index is -0.386.